The average Bonchev–Trinajstić information content (AvgIpc) is 3.66. The number of ether oxygens (including phenoxy) is 1. The van der Waals surface area contributed by atoms with Crippen LogP contribution in [0.5, 0.6) is 0 Å². The topological polar surface area (TPSA) is 155 Å². The number of carbonyl (C=O) groups is 1. The predicted octanol–water partition coefficient (Wildman–Crippen LogP) is 3.04. The molecule has 0 spiro atoms. The molecule has 1 aliphatic heterocycles. The molecule has 5 rings (SSSR count). The second kappa shape index (κ2) is 11.7. The van der Waals surface area contributed by atoms with E-state index in [4.69, 9.17) is 9.72 Å². The summed E-state index contributed by atoms with van der Waals surface area (Å²) in [6.45, 7) is 4.71. The minimum absolute atomic E-state index is 0.233. The van der Waals surface area contributed by atoms with Gasteiger partial charge >= 0.3 is 5.97 Å². The third-order valence-corrected chi connectivity index (χ3v) is 6.63. The molecule has 4 heterocycles. The molecule has 0 amide bonds. The SMILES string of the molecule is COC(=O)C1CCCN1c1cccc(Cn2cc(-c3cc(-c4cccc(C#N)c4)nc(NCC(C)(C)O)n3)nn2)n1. The van der Waals surface area contributed by atoms with Gasteiger partial charge in [0.25, 0.3) is 0 Å². The van der Waals surface area contributed by atoms with Gasteiger partial charge in [0, 0.05) is 18.7 Å². The molecule has 1 saturated heterocycles. The lowest BCUT2D eigenvalue weighted by Crippen LogP contribution is -2.37. The standard InChI is InChI=1S/C29H31N9O3/c1-29(2,40)18-31-28-33-22(20-8-4-7-19(13-20)15-30)14-23(34-28)24-17-37(36-35-24)16-21-9-5-11-26(32-21)38-12-6-10-25(38)27(39)41-3/h4-5,7-9,11,13-14,17,25,40H,6,10,12,16,18H2,1-3H3,(H,31,33,34). The number of hydrogen-bond acceptors (Lipinski definition) is 11. The van der Waals surface area contributed by atoms with Crippen molar-refractivity contribution in [2.24, 2.45) is 0 Å². The molecular formula is C29H31N9O3. The van der Waals surface area contributed by atoms with Crippen LogP contribution in [0.25, 0.3) is 22.6 Å². The first-order valence-electron chi connectivity index (χ1n) is 13.3. The summed E-state index contributed by atoms with van der Waals surface area (Å²) in [4.78, 5) is 28.2. The van der Waals surface area contributed by atoms with Crippen LogP contribution in [0.2, 0.25) is 0 Å². The number of aliphatic hydroxyl groups is 1. The van der Waals surface area contributed by atoms with Gasteiger partial charge in [-0.2, -0.15) is 5.26 Å². The van der Waals surface area contributed by atoms with Crippen LogP contribution in [0.1, 0.15) is 37.9 Å². The zero-order valence-corrected chi connectivity index (χ0v) is 23.2. The van der Waals surface area contributed by atoms with Crippen molar-refractivity contribution in [1.82, 2.24) is 29.9 Å². The van der Waals surface area contributed by atoms with Gasteiger partial charge in [0.15, 0.2) is 0 Å². The first kappa shape index (κ1) is 27.7. The van der Waals surface area contributed by atoms with Crippen LogP contribution < -0.4 is 10.2 Å². The molecular weight excluding hydrogens is 522 g/mol. The van der Waals surface area contributed by atoms with Gasteiger partial charge in [-0.3, -0.25) is 0 Å². The molecule has 12 nitrogen and oxygen atoms in total. The zero-order valence-electron chi connectivity index (χ0n) is 23.2. The van der Waals surface area contributed by atoms with Crippen molar-refractivity contribution in [1.29, 1.82) is 5.26 Å². The molecule has 3 aromatic heterocycles. The zero-order chi connectivity index (χ0) is 29.0. The molecule has 1 fully saturated rings. The van der Waals surface area contributed by atoms with Gasteiger partial charge in [-0.05, 0) is 57.0 Å². The third-order valence-electron chi connectivity index (χ3n) is 6.63. The molecule has 1 aromatic carbocycles. The van der Waals surface area contributed by atoms with E-state index < -0.39 is 5.60 Å². The number of rotatable bonds is 9. The second-order valence-corrected chi connectivity index (χ2v) is 10.5. The van der Waals surface area contributed by atoms with E-state index in [-0.39, 0.29) is 18.6 Å². The maximum atomic E-state index is 12.2. The largest absolute Gasteiger partial charge is 0.467 e. The molecule has 0 aliphatic carbocycles. The fraction of sp³-hybridized carbons (Fsp3) is 0.345. The summed E-state index contributed by atoms with van der Waals surface area (Å²) in [7, 11) is 1.40. The minimum atomic E-state index is -0.975. The Labute approximate surface area is 237 Å². The molecule has 1 atom stereocenters. The smallest absolute Gasteiger partial charge is 0.328 e. The Kier molecular flexibility index (Phi) is 7.89. The van der Waals surface area contributed by atoms with Gasteiger partial charge in [-0.25, -0.2) is 24.4 Å². The number of aromatic nitrogens is 6. The summed E-state index contributed by atoms with van der Waals surface area (Å²) in [6, 6.07) is 16.5. The van der Waals surface area contributed by atoms with E-state index in [9.17, 15) is 15.2 Å². The number of nitrogens with zero attached hydrogens (tertiary/aromatic N) is 8. The molecule has 0 radical (unpaired) electrons. The van der Waals surface area contributed by atoms with E-state index in [1.807, 2.05) is 29.2 Å². The number of carbonyl (C=O) groups excluding carboxylic acids is 1. The number of methoxy groups -OCH3 is 1. The highest BCUT2D eigenvalue weighted by molar-refractivity contribution is 5.80. The fourth-order valence-corrected chi connectivity index (χ4v) is 4.64. The number of nitrogens with one attached hydrogen (secondary N) is 1. The fourth-order valence-electron chi connectivity index (χ4n) is 4.64. The van der Waals surface area contributed by atoms with Crippen LogP contribution in [0.4, 0.5) is 11.8 Å². The van der Waals surface area contributed by atoms with Crippen molar-refractivity contribution in [2.45, 2.75) is 44.9 Å². The summed E-state index contributed by atoms with van der Waals surface area (Å²) >= 11 is 0. The molecule has 0 bridgehead atoms. The Hall–Kier alpha value is -4.89. The van der Waals surface area contributed by atoms with Crippen LogP contribution in [-0.4, -0.2) is 72.9 Å². The quantitative estimate of drug-likeness (QED) is 0.294. The molecule has 12 heteroatoms. The number of benzene rings is 1. The molecule has 1 unspecified atom stereocenters. The van der Waals surface area contributed by atoms with E-state index in [0.29, 0.717) is 35.1 Å². The lowest BCUT2D eigenvalue weighted by Gasteiger charge is -2.24. The average molecular weight is 554 g/mol. The second-order valence-electron chi connectivity index (χ2n) is 10.5. The van der Waals surface area contributed by atoms with Crippen LogP contribution in [0, 0.1) is 11.3 Å². The molecule has 210 valence electrons. The van der Waals surface area contributed by atoms with Crippen LogP contribution in [0.3, 0.4) is 0 Å². The first-order valence-corrected chi connectivity index (χ1v) is 13.3. The summed E-state index contributed by atoms with van der Waals surface area (Å²) in [5.41, 5.74) is 2.70. The van der Waals surface area contributed by atoms with E-state index in [2.05, 4.69) is 31.7 Å². The number of esters is 1. The van der Waals surface area contributed by atoms with E-state index in [1.54, 1.807) is 49.0 Å². The van der Waals surface area contributed by atoms with E-state index in [1.165, 1.54) is 7.11 Å². The Balaban J connectivity index is 1.41. The van der Waals surface area contributed by atoms with Crippen LogP contribution in [-0.2, 0) is 16.1 Å². The number of nitriles is 1. The highest BCUT2D eigenvalue weighted by Gasteiger charge is 2.32. The number of pyridine rings is 1. The van der Waals surface area contributed by atoms with Crippen molar-refractivity contribution in [3.05, 3.63) is 66.0 Å². The Morgan fingerprint density at radius 2 is 1.95 bits per heavy atom. The molecule has 4 aromatic rings. The summed E-state index contributed by atoms with van der Waals surface area (Å²) in [5, 5.41) is 31.3. The Bertz CT molecular complexity index is 1590. The van der Waals surface area contributed by atoms with E-state index >= 15 is 0 Å². The van der Waals surface area contributed by atoms with Gasteiger partial charge < -0.3 is 20.1 Å². The van der Waals surface area contributed by atoms with Crippen molar-refractivity contribution in [3.63, 3.8) is 0 Å². The van der Waals surface area contributed by atoms with Gasteiger partial charge in [0.2, 0.25) is 5.95 Å². The summed E-state index contributed by atoms with van der Waals surface area (Å²) < 4.78 is 6.64. The molecule has 2 N–H and O–H groups in total. The van der Waals surface area contributed by atoms with Gasteiger partial charge in [0.05, 0.1) is 54.2 Å². The van der Waals surface area contributed by atoms with Gasteiger partial charge in [-0.1, -0.05) is 23.4 Å². The van der Waals surface area contributed by atoms with Crippen molar-refractivity contribution in [2.75, 3.05) is 30.4 Å². The van der Waals surface area contributed by atoms with Crippen LogP contribution in [0.15, 0.2) is 54.7 Å². The first-order chi connectivity index (χ1) is 19.7. The van der Waals surface area contributed by atoms with Gasteiger partial charge in [-0.15, -0.1) is 5.10 Å². The number of hydrogen-bond donors (Lipinski definition) is 2. The minimum Gasteiger partial charge on any atom is -0.467 e. The summed E-state index contributed by atoms with van der Waals surface area (Å²) in [6.07, 6.45) is 3.41. The van der Waals surface area contributed by atoms with Crippen molar-refractivity contribution < 1.29 is 14.6 Å². The lowest BCUT2D eigenvalue weighted by atomic mass is 10.1. The maximum absolute atomic E-state index is 12.2. The van der Waals surface area contributed by atoms with Crippen molar-refractivity contribution in [3.8, 4) is 28.7 Å². The third kappa shape index (κ3) is 6.64. The highest BCUT2D eigenvalue weighted by atomic mass is 16.5. The van der Waals surface area contributed by atoms with Gasteiger partial charge in [0.1, 0.15) is 17.6 Å². The Morgan fingerprint density at radius 1 is 1.15 bits per heavy atom. The monoisotopic (exact) mass is 553 g/mol. The van der Waals surface area contributed by atoms with Crippen molar-refractivity contribution >= 4 is 17.7 Å². The Morgan fingerprint density at radius 3 is 2.73 bits per heavy atom. The lowest BCUT2D eigenvalue weighted by molar-refractivity contribution is -0.141. The molecule has 0 saturated carbocycles. The summed E-state index contributed by atoms with van der Waals surface area (Å²) in [5.74, 6) is 0.783. The maximum Gasteiger partial charge on any atom is 0.328 e. The number of anilines is 2. The van der Waals surface area contributed by atoms with Crippen LogP contribution >= 0.6 is 0 Å². The normalized spacial score (nSPS) is 15.0. The highest BCUT2D eigenvalue weighted by Crippen LogP contribution is 2.27. The van der Waals surface area contributed by atoms with E-state index in [0.717, 1.165) is 36.5 Å². The molecule has 41 heavy (non-hydrogen) atoms. The molecule has 1 aliphatic rings. The predicted molar refractivity (Wildman–Crippen MR) is 152 cm³/mol.